The highest BCUT2D eigenvalue weighted by molar-refractivity contribution is 6.00. The third kappa shape index (κ3) is 3.15. The minimum Gasteiger partial charge on any atom is -0.478 e. The lowest BCUT2D eigenvalue weighted by atomic mass is 10.1. The first-order valence-electron chi connectivity index (χ1n) is 5.54. The first-order valence-corrected chi connectivity index (χ1v) is 5.54. The fraction of sp³-hybridized carbons (Fsp3) is 0.167. The van der Waals surface area contributed by atoms with Crippen LogP contribution in [-0.4, -0.2) is 32.0 Å². The topological polar surface area (TPSA) is 97.1 Å². The maximum absolute atomic E-state index is 11.7. The molecule has 0 atom stereocenters. The first kappa shape index (κ1) is 12.7. The molecule has 0 aliphatic heterocycles. The fourth-order valence-electron chi connectivity index (χ4n) is 1.60. The molecule has 98 valence electrons. The molecule has 0 aliphatic carbocycles. The van der Waals surface area contributed by atoms with Crippen LogP contribution in [0.15, 0.2) is 30.6 Å². The van der Waals surface area contributed by atoms with Gasteiger partial charge in [0, 0.05) is 6.20 Å². The summed E-state index contributed by atoms with van der Waals surface area (Å²) < 4.78 is 1.35. The number of anilines is 1. The molecule has 0 fully saturated rings. The largest absolute Gasteiger partial charge is 0.478 e. The van der Waals surface area contributed by atoms with Crippen LogP contribution >= 0.6 is 0 Å². The third-order valence-electron chi connectivity index (χ3n) is 2.46. The lowest BCUT2D eigenvalue weighted by Gasteiger charge is -2.09. The van der Waals surface area contributed by atoms with Crippen molar-refractivity contribution in [1.82, 2.24) is 15.0 Å². The van der Waals surface area contributed by atoms with Gasteiger partial charge in [0.15, 0.2) is 0 Å². The number of carboxylic acids is 1. The smallest absolute Gasteiger partial charge is 0.337 e. The average Bonchev–Trinajstić information content (AvgIpc) is 2.83. The van der Waals surface area contributed by atoms with Crippen LogP contribution in [0.5, 0.6) is 0 Å². The zero-order chi connectivity index (χ0) is 13.8. The van der Waals surface area contributed by atoms with E-state index in [1.165, 1.54) is 16.9 Å². The molecule has 1 aromatic heterocycles. The van der Waals surface area contributed by atoms with E-state index in [0.717, 1.165) is 5.56 Å². The molecule has 0 saturated carbocycles. The molecule has 0 unspecified atom stereocenters. The van der Waals surface area contributed by atoms with Gasteiger partial charge in [-0.1, -0.05) is 16.8 Å². The van der Waals surface area contributed by atoms with Gasteiger partial charge in [0.25, 0.3) is 0 Å². The summed E-state index contributed by atoms with van der Waals surface area (Å²) in [6.07, 6.45) is 3.01. The first-order chi connectivity index (χ1) is 9.06. The zero-order valence-corrected chi connectivity index (χ0v) is 10.2. The molecular formula is C12H12N4O3. The highest BCUT2D eigenvalue weighted by Gasteiger charge is 2.13. The van der Waals surface area contributed by atoms with Crippen LogP contribution in [0.1, 0.15) is 15.9 Å². The molecule has 0 spiro atoms. The van der Waals surface area contributed by atoms with Gasteiger partial charge >= 0.3 is 5.97 Å². The molecule has 7 nitrogen and oxygen atoms in total. The number of aryl methyl sites for hydroxylation is 1. The highest BCUT2D eigenvalue weighted by atomic mass is 16.4. The predicted molar refractivity (Wildman–Crippen MR) is 66.8 cm³/mol. The van der Waals surface area contributed by atoms with Gasteiger partial charge in [-0.15, -0.1) is 5.10 Å². The van der Waals surface area contributed by atoms with Gasteiger partial charge in [-0.25, -0.2) is 9.48 Å². The van der Waals surface area contributed by atoms with E-state index in [-0.39, 0.29) is 23.7 Å². The van der Waals surface area contributed by atoms with Crippen LogP contribution in [0, 0.1) is 6.92 Å². The number of carbonyl (C=O) groups excluding carboxylic acids is 1. The lowest BCUT2D eigenvalue weighted by molar-refractivity contribution is -0.116. The molecule has 1 amide bonds. The molecule has 0 saturated heterocycles. The van der Waals surface area contributed by atoms with Crippen LogP contribution in [-0.2, 0) is 11.3 Å². The van der Waals surface area contributed by atoms with Crippen molar-refractivity contribution in [3.63, 3.8) is 0 Å². The van der Waals surface area contributed by atoms with Crippen molar-refractivity contribution in [2.45, 2.75) is 13.5 Å². The Bertz CT molecular complexity index is 607. The summed E-state index contributed by atoms with van der Waals surface area (Å²) in [5.41, 5.74) is 1.14. The number of carboxylic acid groups (broad SMARTS) is 1. The zero-order valence-electron chi connectivity index (χ0n) is 10.2. The van der Waals surface area contributed by atoms with Gasteiger partial charge in [-0.2, -0.15) is 0 Å². The summed E-state index contributed by atoms with van der Waals surface area (Å²) in [7, 11) is 0. The molecule has 0 radical (unpaired) electrons. The van der Waals surface area contributed by atoms with E-state index in [1.54, 1.807) is 25.3 Å². The van der Waals surface area contributed by atoms with Crippen molar-refractivity contribution in [3.05, 3.63) is 41.7 Å². The van der Waals surface area contributed by atoms with E-state index in [1.807, 2.05) is 0 Å². The number of carbonyl (C=O) groups is 2. The number of hydrogen-bond acceptors (Lipinski definition) is 4. The summed E-state index contributed by atoms with van der Waals surface area (Å²) in [4.78, 5) is 22.8. The van der Waals surface area contributed by atoms with Crippen LogP contribution in [0.2, 0.25) is 0 Å². The predicted octanol–water partition coefficient (Wildman–Crippen LogP) is 0.923. The lowest BCUT2D eigenvalue weighted by Crippen LogP contribution is -2.20. The van der Waals surface area contributed by atoms with Crippen molar-refractivity contribution < 1.29 is 14.7 Å². The number of aromatic carboxylic acids is 1. The number of hydrogen-bond donors (Lipinski definition) is 2. The van der Waals surface area contributed by atoms with Crippen molar-refractivity contribution in [2.75, 3.05) is 5.32 Å². The average molecular weight is 260 g/mol. The molecule has 1 aromatic carbocycles. The number of benzene rings is 1. The van der Waals surface area contributed by atoms with Crippen LogP contribution in [0.4, 0.5) is 5.69 Å². The number of aromatic nitrogens is 3. The van der Waals surface area contributed by atoms with Crippen molar-refractivity contribution in [3.8, 4) is 0 Å². The number of nitrogens with one attached hydrogen (secondary N) is 1. The van der Waals surface area contributed by atoms with Crippen LogP contribution in [0.3, 0.4) is 0 Å². The summed E-state index contributed by atoms with van der Waals surface area (Å²) in [6.45, 7) is 1.76. The molecule has 1 heterocycles. The van der Waals surface area contributed by atoms with Crippen molar-refractivity contribution in [2.24, 2.45) is 0 Å². The van der Waals surface area contributed by atoms with Gasteiger partial charge in [0.05, 0.1) is 17.4 Å². The summed E-state index contributed by atoms with van der Waals surface area (Å²) in [6, 6.07) is 4.81. The Hall–Kier alpha value is -2.70. The standard InChI is InChI=1S/C12H12N4O3/c1-8-2-3-10(9(6-8)12(18)19)14-11(17)7-16-5-4-13-15-16/h2-6H,7H2,1H3,(H,14,17)(H,18,19). The minimum absolute atomic E-state index is 0.0209. The Kier molecular flexibility index (Phi) is 3.56. The third-order valence-corrected chi connectivity index (χ3v) is 2.46. The van der Waals surface area contributed by atoms with E-state index in [0.29, 0.717) is 0 Å². The van der Waals surface area contributed by atoms with E-state index in [4.69, 9.17) is 5.11 Å². The minimum atomic E-state index is -1.08. The van der Waals surface area contributed by atoms with Gasteiger partial charge in [-0.3, -0.25) is 4.79 Å². The normalized spacial score (nSPS) is 10.2. The Labute approximate surface area is 108 Å². The van der Waals surface area contributed by atoms with E-state index in [2.05, 4.69) is 15.6 Å². The quantitative estimate of drug-likeness (QED) is 0.852. The van der Waals surface area contributed by atoms with E-state index < -0.39 is 5.97 Å². The molecule has 2 N–H and O–H groups in total. The van der Waals surface area contributed by atoms with Gasteiger partial charge in [0.2, 0.25) is 5.91 Å². The number of amides is 1. The fourth-order valence-corrected chi connectivity index (χ4v) is 1.60. The Morgan fingerprint density at radius 2 is 2.21 bits per heavy atom. The van der Waals surface area contributed by atoms with Gasteiger partial charge < -0.3 is 10.4 Å². The van der Waals surface area contributed by atoms with E-state index >= 15 is 0 Å². The molecule has 0 aliphatic rings. The second kappa shape index (κ2) is 5.30. The monoisotopic (exact) mass is 260 g/mol. The second-order valence-electron chi connectivity index (χ2n) is 4.00. The van der Waals surface area contributed by atoms with Crippen molar-refractivity contribution >= 4 is 17.6 Å². The molecule has 0 bridgehead atoms. The molecule has 19 heavy (non-hydrogen) atoms. The highest BCUT2D eigenvalue weighted by Crippen LogP contribution is 2.17. The second-order valence-corrected chi connectivity index (χ2v) is 4.00. The van der Waals surface area contributed by atoms with E-state index in [9.17, 15) is 9.59 Å². The molecular weight excluding hydrogens is 248 g/mol. The Morgan fingerprint density at radius 3 is 2.84 bits per heavy atom. The van der Waals surface area contributed by atoms with Gasteiger partial charge in [-0.05, 0) is 19.1 Å². The van der Waals surface area contributed by atoms with Crippen LogP contribution < -0.4 is 5.32 Å². The summed E-state index contributed by atoms with van der Waals surface area (Å²) in [5.74, 6) is -1.45. The Balaban J connectivity index is 2.14. The number of rotatable bonds is 4. The summed E-state index contributed by atoms with van der Waals surface area (Å²) >= 11 is 0. The molecule has 2 rings (SSSR count). The Morgan fingerprint density at radius 1 is 1.42 bits per heavy atom. The number of nitrogens with zero attached hydrogens (tertiary/aromatic N) is 3. The molecule has 7 heteroatoms. The maximum atomic E-state index is 11.7. The maximum Gasteiger partial charge on any atom is 0.337 e. The van der Waals surface area contributed by atoms with Gasteiger partial charge in [0.1, 0.15) is 6.54 Å². The van der Waals surface area contributed by atoms with Crippen molar-refractivity contribution in [1.29, 1.82) is 0 Å². The van der Waals surface area contributed by atoms with Crippen LogP contribution in [0.25, 0.3) is 0 Å². The SMILES string of the molecule is Cc1ccc(NC(=O)Cn2ccnn2)c(C(=O)O)c1. The molecule has 2 aromatic rings. The summed E-state index contributed by atoms with van der Waals surface area (Å²) in [5, 5.41) is 18.9.